The smallest absolute Gasteiger partial charge is 0.206 e. The summed E-state index contributed by atoms with van der Waals surface area (Å²) in [6.07, 6.45) is 5.37. The molecule has 0 aliphatic heterocycles. The molecule has 0 bridgehead atoms. The molecule has 90 valence electrons. The number of pyridine rings is 1. The molecule has 1 unspecified atom stereocenters. The number of nitrogens with two attached hydrogens (primary N) is 1. The maximum atomic E-state index is 5.48. The molecule has 2 heterocycles. The Morgan fingerprint density at radius 1 is 1.47 bits per heavy atom. The summed E-state index contributed by atoms with van der Waals surface area (Å²) in [5, 5.41) is 12.4. The largest absolute Gasteiger partial charge is 0.330 e. The van der Waals surface area contributed by atoms with Gasteiger partial charge in [-0.1, -0.05) is 0 Å². The van der Waals surface area contributed by atoms with Crippen molar-refractivity contribution in [1.82, 2.24) is 25.2 Å². The van der Waals surface area contributed by atoms with Crippen LogP contribution >= 0.6 is 0 Å². The van der Waals surface area contributed by atoms with Gasteiger partial charge in [0.2, 0.25) is 5.82 Å². The van der Waals surface area contributed by atoms with Crippen molar-refractivity contribution in [3.8, 4) is 11.4 Å². The van der Waals surface area contributed by atoms with Crippen LogP contribution in [0.2, 0.25) is 0 Å². The lowest BCUT2D eigenvalue weighted by Gasteiger charge is -2.07. The third-order valence-corrected chi connectivity index (χ3v) is 2.57. The van der Waals surface area contributed by atoms with Crippen LogP contribution in [-0.4, -0.2) is 31.7 Å². The van der Waals surface area contributed by atoms with Gasteiger partial charge in [-0.25, -0.2) is 0 Å². The lowest BCUT2D eigenvalue weighted by molar-refractivity contribution is 0.394. The molecular formula is C11H16N6. The second kappa shape index (κ2) is 5.49. The van der Waals surface area contributed by atoms with Gasteiger partial charge in [-0.2, -0.15) is 4.80 Å². The molecule has 6 nitrogen and oxygen atoms in total. The molecule has 0 aliphatic carbocycles. The Morgan fingerprint density at radius 3 is 3.06 bits per heavy atom. The van der Waals surface area contributed by atoms with E-state index in [0.717, 1.165) is 18.4 Å². The van der Waals surface area contributed by atoms with Gasteiger partial charge in [-0.3, -0.25) is 4.98 Å². The molecule has 1 atom stereocenters. The third kappa shape index (κ3) is 2.85. The van der Waals surface area contributed by atoms with Crippen LogP contribution in [-0.2, 0) is 0 Å². The molecule has 17 heavy (non-hydrogen) atoms. The van der Waals surface area contributed by atoms with Gasteiger partial charge in [0.15, 0.2) is 0 Å². The summed E-state index contributed by atoms with van der Waals surface area (Å²) in [4.78, 5) is 5.67. The van der Waals surface area contributed by atoms with Gasteiger partial charge >= 0.3 is 0 Å². The van der Waals surface area contributed by atoms with Crippen LogP contribution in [0.3, 0.4) is 0 Å². The van der Waals surface area contributed by atoms with E-state index in [0.29, 0.717) is 12.4 Å². The van der Waals surface area contributed by atoms with Crippen LogP contribution in [0, 0.1) is 0 Å². The molecule has 0 saturated carbocycles. The van der Waals surface area contributed by atoms with Gasteiger partial charge in [0.05, 0.1) is 6.04 Å². The molecule has 0 fully saturated rings. The van der Waals surface area contributed by atoms with Gasteiger partial charge in [-0.15, -0.1) is 10.2 Å². The molecule has 2 rings (SSSR count). The highest BCUT2D eigenvalue weighted by Crippen LogP contribution is 2.14. The highest BCUT2D eigenvalue weighted by molar-refractivity contribution is 5.51. The summed E-state index contributed by atoms with van der Waals surface area (Å²) in [6, 6.07) is 3.99. The monoisotopic (exact) mass is 232 g/mol. The standard InChI is InChI=1S/C11H16N6/c1-9(4-2-6-12)17-15-11(14-16-17)10-5-3-7-13-8-10/h3,5,7-9H,2,4,6,12H2,1H3. The molecular weight excluding hydrogens is 216 g/mol. The topological polar surface area (TPSA) is 82.5 Å². The maximum Gasteiger partial charge on any atom is 0.206 e. The molecule has 2 aromatic rings. The fourth-order valence-corrected chi connectivity index (χ4v) is 1.55. The van der Waals surface area contributed by atoms with Crippen molar-refractivity contribution in [2.24, 2.45) is 5.73 Å². The first-order chi connectivity index (χ1) is 8.31. The Morgan fingerprint density at radius 2 is 2.35 bits per heavy atom. The van der Waals surface area contributed by atoms with E-state index in [9.17, 15) is 0 Å². The first-order valence-corrected chi connectivity index (χ1v) is 5.71. The lowest BCUT2D eigenvalue weighted by atomic mass is 10.2. The van der Waals surface area contributed by atoms with Crippen molar-refractivity contribution in [2.75, 3.05) is 6.54 Å². The van der Waals surface area contributed by atoms with Crippen molar-refractivity contribution >= 4 is 0 Å². The second-order valence-electron chi connectivity index (χ2n) is 3.96. The minimum absolute atomic E-state index is 0.219. The van der Waals surface area contributed by atoms with Gasteiger partial charge < -0.3 is 5.73 Å². The number of hydrogen-bond acceptors (Lipinski definition) is 5. The van der Waals surface area contributed by atoms with Crippen LogP contribution in [0.25, 0.3) is 11.4 Å². The first-order valence-electron chi connectivity index (χ1n) is 5.71. The summed E-state index contributed by atoms with van der Waals surface area (Å²) in [7, 11) is 0. The summed E-state index contributed by atoms with van der Waals surface area (Å²) in [5.74, 6) is 0.609. The fourth-order valence-electron chi connectivity index (χ4n) is 1.55. The van der Waals surface area contributed by atoms with Crippen molar-refractivity contribution in [3.63, 3.8) is 0 Å². The third-order valence-electron chi connectivity index (χ3n) is 2.57. The van der Waals surface area contributed by atoms with Crippen molar-refractivity contribution < 1.29 is 0 Å². The van der Waals surface area contributed by atoms with Gasteiger partial charge in [0.25, 0.3) is 0 Å². The normalized spacial score (nSPS) is 12.6. The zero-order valence-corrected chi connectivity index (χ0v) is 9.82. The van der Waals surface area contributed by atoms with E-state index >= 15 is 0 Å². The Kier molecular flexibility index (Phi) is 3.77. The fraction of sp³-hybridized carbons (Fsp3) is 0.455. The molecule has 0 saturated heterocycles. The van der Waals surface area contributed by atoms with Gasteiger partial charge in [-0.05, 0) is 43.7 Å². The second-order valence-corrected chi connectivity index (χ2v) is 3.96. The minimum Gasteiger partial charge on any atom is -0.330 e. The highest BCUT2D eigenvalue weighted by Gasteiger charge is 2.10. The van der Waals surface area contributed by atoms with Crippen LogP contribution in [0.5, 0.6) is 0 Å². The molecule has 0 aromatic carbocycles. The SMILES string of the molecule is CC(CCCN)n1nnc(-c2cccnc2)n1. The van der Waals surface area contributed by atoms with E-state index in [2.05, 4.69) is 27.3 Å². The number of hydrogen-bond donors (Lipinski definition) is 1. The van der Waals surface area contributed by atoms with Crippen LogP contribution < -0.4 is 5.73 Å². The quantitative estimate of drug-likeness (QED) is 0.832. The average molecular weight is 232 g/mol. The van der Waals surface area contributed by atoms with Crippen molar-refractivity contribution in [2.45, 2.75) is 25.8 Å². The summed E-state index contributed by atoms with van der Waals surface area (Å²) >= 11 is 0. The lowest BCUT2D eigenvalue weighted by Crippen LogP contribution is -2.11. The zero-order valence-electron chi connectivity index (χ0n) is 9.82. The van der Waals surface area contributed by atoms with E-state index in [1.54, 1.807) is 17.2 Å². The number of aromatic nitrogens is 5. The molecule has 0 amide bonds. The van der Waals surface area contributed by atoms with E-state index in [4.69, 9.17) is 5.73 Å². The number of rotatable bonds is 5. The van der Waals surface area contributed by atoms with E-state index < -0.39 is 0 Å². The van der Waals surface area contributed by atoms with Gasteiger partial charge in [0.1, 0.15) is 0 Å². The first kappa shape index (κ1) is 11.7. The van der Waals surface area contributed by atoms with Crippen LogP contribution in [0.1, 0.15) is 25.8 Å². The summed E-state index contributed by atoms with van der Waals surface area (Å²) in [5.41, 5.74) is 6.36. The zero-order chi connectivity index (χ0) is 12.1. The Balaban J connectivity index is 2.11. The summed E-state index contributed by atoms with van der Waals surface area (Å²) in [6.45, 7) is 2.75. The molecule has 6 heteroatoms. The summed E-state index contributed by atoms with van der Waals surface area (Å²) < 4.78 is 0. The molecule has 2 N–H and O–H groups in total. The molecule has 0 spiro atoms. The van der Waals surface area contributed by atoms with Crippen LogP contribution in [0.4, 0.5) is 0 Å². The van der Waals surface area contributed by atoms with E-state index in [1.807, 2.05) is 12.1 Å². The molecule has 0 aliphatic rings. The minimum atomic E-state index is 0.219. The number of tetrazole rings is 1. The Bertz CT molecular complexity index is 452. The number of nitrogens with zero attached hydrogens (tertiary/aromatic N) is 5. The predicted molar refractivity (Wildman–Crippen MR) is 64.0 cm³/mol. The van der Waals surface area contributed by atoms with Crippen LogP contribution in [0.15, 0.2) is 24.5 Å². The Hall–Kier alpha value is -1.82. The highest BCUT2D eigenvalue weighted by atomic mass is 15.6. The average Bonchev–Trinajstić information content (AvgIpc) is 2.86. The molecule has 2 aromatic heterocycles. The Labute approximate surface area is 99.9 Å². The van der Waals surface area contributed by atoms with Crippen molar-refractivity contribution in [3.05, 3.63) is 24.5 Å². The maximum absolute atomic E-state index is 5.48. The molecule has 0 radical (unpaired) electrons. The van der Waals surface area contributed by atoms with Gasteiger partial charge in [0, 0.05) is 18.0 Å². The predicted octanol–water partition coefficient (Wildman–Crippen LogP) is 1.04. The van der Waals surface area contributed by atoms with Crippen molar-refractivity contribution in [1.29, 1.82) is 0 Å². The van der Waals surface area contributed by atoms with E-state index in [1.165, 1.54) is 0 Å². The van der Waals surface area contributed by atoms with E-state index in [-0.39, 0.29) is 6.04 Å².